The maximum Gasteiger partial charge on any atom is 0.202 e. The van der Waals surface area contributed by atoms with Crippen molar-refractivity contribution in [1.82, 2.24) is 9.13 Å². The van der Waals surface area contributed by atoms with E-state index in [0.717, 1.165) is 15.9 Å². The van der Waals surface area contributed by atoms with Crippen molar-refractivity contribution in [3.8, 4) is 0 Å². The van der Waals surface area contributed by atoms with E-state index in [-0.39, 0.29) is 12.4 Å². The fourth-order valence-corrected chi connectivity index (χ4v) is 3.02. The minimum absolute atomic E-state index is 0. The Labute approximate surface area is 126 Å². The first kappa shape index (κ1) is 14.8. The molecule has 3 rings (SSSR count). The fourth-order valence-electron chi connectivity index (χ4n) is 2.31. The molecule has 20 heavy (non-hydrogen) atoms. The van der Waals surface area contributed by atoms with Gasteiger partial charge in [0.2, 0.25) is 5.62 Å². The second kappa shape index (κ2) is 5.83. The van der Waals surface area contributed by atoms with E-state index in [9.17, 15) is 5.11 Å². The number of aliphatic hydroxyl groups is 1. The highest BCUT2D eigenvalue weighted by Gasteiger charge is 2.14. The van der Waals surface area contributed by atoms with Gasteiger partial charge in [-0.1, -0.05) is 18.2 Å². The van der Waals surface area contributed by atoms with Crippen LogP contribution in [0.15, 0.2) is 41.8 Å². The maximum atomic E-state index is 10.3. The lowest BCUT2D eigenvalue weighted by molar-refractivity contribution is -0.00000591. The molecule has 4 nitrogen and oxygen atoms in total. The van der Waals surface area contributed by atoms with Gasteiger partial charge in [0.25, 0.3) is 0 Å². The summed E-state index contributed by atoms with van der Waals surface area (Å²) in [5, 5.41) is 20.4. The van der Waals surface area contributed by atoms with Gasteiger partial charge in [-0.25, -0.2) is 0 Å². The summed E-state index contributed by atoms with van der Waals surface area (Å²) in [4.78, 5) is 0.930. The van der Waals surface area contributed by atoms with E-state index < -0.39 is 6.10 Å². The van der Waals surface area contributed by atoms with Crippen LogP contribution in [-0.4, -0.2) is 14.2 Å². The Hall–Kier alpha value is -1.56. The van der Waals surface area contributed by atoms with E-state index in [1.807, 2.05) is 58.0 Å². The number of rotatable bonds is 3. The minimum atomic E-state index is -0.570. The molecule has 1 unspecified atom stereocenters. The van der Waals surface area contributed by atoms with Gasteiger partial charge in [-0.2, -0.15) is 0 Å². The molecule has 0 aliphatic heterocycles. The van der Waals surface area contributed by atoms with Gasteiger partial charge in [-0.05, 0) is 23.6 Å². The zero-order chi connectivity index (χ0) is 13.4. The van der Waals surface area contributed by atoms with Crippen molar-refractivity contribution in [3.63, 3.8) is 0 Å². The molecule has 0 saturated carbocycles. The van der Waals surface area contributed by atoms with Crippen LogP contribution in [0.3, 0.4) is 0 Å². The number of benzene rings is 1. The van der Waals surface area contributed by atoms with Gasteiger partial charge in [-0.3, -0.25) is 5.41 Å². The van der Waals surface area contributed by atoms with Crippen LogP contribution in [0.2, 0.25) is 0 Å². The SMILES string of the molecule is Cn1c(=N)n(CC(O)c2cccs2)c2ccccc21.[Cl-]. The Morgan fingerprint density at radius 2 is 1.90 bits per heavy atom. The van der Waals surface area contributed by atoms with Gasteiger partial charge in [0.15, 0.2) is 0 Å². The normalized spacial score (nSPS) is 12.3. The van der Waals surface area contributed by atoms with Crippen LogP contribution in [-0.2, 0) is 13.6 Å². The van der Waals surface area contributed by atoms with Crippen LogP contribution < -0.4 is 18.0 Å². The number of nitrogens with zero attached hydrogens (tertiary/aromatic N) is 2. The van der Waals surface area contributed by atoms with Gasteiger partial charge >= 0.3 is 0 Å². The predicted molar refractivity (Wildman–Crippen MR) is 76.0 cm³/mol. The number of halogens is 1. The highest BCUT2D eigenvalue weighted by molar-refractivity contribution is 7.10. The first-order chi connectivity index (χ1) is 9.18. The van der Waals surface area contributed by atoms with Crippen molar-refractivity contribution in [3.05, 3.63) is 52.3 Å². The first-order valence-corrected chi connectivity index (χ1v) is 6.97. The van der Waals surface area contributed by atoms with E-state index in [4.69, 9.17) is 5.41 Å². The van der Waals surface area contributed by atoms with Crippen molar-refractivity contribution in [1.29, 1.82) is 5.41 Å². The van der Waals surface area contributed by atoms with Crippen molar-refractivity contribution in [2.75, 3.05) is 0 Å². The second-order valence-corrected chi connectivity index (χ2v) is 5.49. The van der Waals surface area contributed by atoms with Gasteiger partial charge in [0.05, 0.1) is 17.6 Å². The summed E-state index contributed by atoms with van der Waals surface area (Å²) >= 11 is 1.54. The van der Waals surface area contributed by atoms with Gasteiger partial charge in [0, 0.05) is 11.9 Å². The Bertz CT molecular complexity index is 760. The smallest absolute Gasteiger partial charge is 0.202 e. The standard InChI is InChI=1S/C14H15N3OS.ClH/c1-16-10-5-2-3-6-11(10)17(14(16)15)9-12(18)13-7-4-8-19-13;/h2-8,12,15,18H,9H2,1H3;1H/p-1. The highest BCUT2D eigenvalue weighted by Crippen LogP contribution is 2.21. The number of para-hydroxylation sites is 2. The van der Waals surface area contributed by atoms with Crippen molar-refractivity contribution < 1.29 is 17.5 Å². The van der Waals surface area contributed by atoms with Crippen LogP contribution in [0, 0.1) is 5.41 Å². The number of aliphatic hydroxyl groups excluding tert-OH is 1. The molecule has 0 radical (unpaired) electrons. The Morgan fingerprint density at radius 1 is 1.20 bits per heavy atom. The molecule has 0 aliphatic carbocycles. The summed E-state index contributed by atoms with van der Waals surface area (Å²) in [5.41, 5.74) is 2.38. The second-order valence-electron chi connectivity index (χ2n) is 4.51. The third-order valence-corrected chi connectivity index (χ3v) is 4.31. The van der Waals surface area contributed by atoms with Gasteiger partial charge in [0.1, 0.15) is 6.10 Å². The third kappa shape index (κ3) is 2.40. The van der Waals surface area contributed by atoms with Crippen LogP contribution in [0.5, 0.6) is 0 Å². The molecule has 2 aromatic heterocycles. The van der Waals surface area contributed by atoms with Crippen molar-refractivity contribution in [2.24, 2.45) is 7.05 Å². The molecule has 0 spiro atoms. The first-order valence-electron chi connectivity index (χ1n) is 6.09. The number of thiophene rings is 1. The third-order valence-electron chi connectivity index (χ3n) is 3.33. The lowest BCUT2D eigenvalue weighted by atomic mass is 10.2. The van der Waals surface area contributed by atoms with Crippen LogP contribution >= 0.6 is 11.3 Å². The number of fused-ring (bicyclic) bond motifs is 1. The lowest BCUT2D eigenvalue weighted by Crippen LogP contribution is -3.00. The average Bonchev–Trinajstić information content (AvgIpc) is 3.03. The van der Waals surface area contributed by atoms with E-state index >= 15 is 0 Å². The van der Waals surface area contributed by atoms with Crippen molar-refractivity contribution >= 4 is 22.4 Å². The molecule has 0 fully saturated rings. The number of nitrogens with one attached hydrogen (secondary N) is 1. The molecule has 2 N–H and O–H groups in total. The van der Waals surface area contributed by atoms with E-state index in [2.05, 4.69) is 0 Å². The summed E-state index contributed by atoms with van der Waals surface area (Å²) in [5.74, 6) is 0. The predicted octanol–water partition coefficient (Wildman–Crippen LogP) is -0.742. The zero-order valence-electron chi connectivity index (χ0n) is 11.0. The minimum Gasteiger partial charge on any atom is -1.00 e. The number of aromatic nitrogens is 2. The average molecular weight is 309 g/mol. The van der Waals surface area contributed by atoms with Gasteiger partial charge < -0.3 is 26.6 Å². The zero-order valence-corrected chi connectivity index (χ0v) is 12.5. The van der Waals surface area contributed by atoms with E-state index in [0.29, 0.717) is 12.2 Å². The molecule has 0 bridgehead atoms. The lowest BCUT2D eigenvalue weighted by Gasteiger charge is -2.10. The highest BCUT2D eigenvalue weighted by atomic mass is 35.5. The summed E-state index contributed by atoms with van der Waals surface area (Å²) in [7, 11) is 1.87. The van der Waals surface area contributed by atoms with E-state index in [1.165, 1.54) is 11.3 Å². The van der Waals surface area contributed by atoms with Crippen molar-refractivity contribution in [2.45, 2.75) is 12.6 Å². The molecule has 0 saturated heterocycles. The number of hydrogen-bond acceptors (Lipinski definition) is 3. The topological polar surface area (TPSA) is 53.9 Å². The summed E-state index contributed by atoms with van der Waals surface area (Å²) in [6, 6.07) is 11.7. The molecule has 1 aromatic carbocycles. The monoisotopic (exact) mass is 308 g/mol. The summed E-state index contributed by atoms with van der Waals surface area (Å²) in [6.07, 6.45) is -0.570. The molecule has 0 amide bonds. The molecular weight excluding hydrogens is 294 g/mol. The van der Waals surface area contributed by atoms with Crippen LogP contribution in [0.25, 0.3) is 11.0 Å². The molecule has 6 heteroatoms. The fraction of sp³-hybridized carbons (Fsp3) is 0.214. The van der Waals surface area contributed by atoms with E-state index in [1.54, 1.807) is 0 Å². The number of hydrogen-bond donors (Lipinski definition) is 2. The molecule has 0 aliphatic rings. The van der Waals surface area contributed by atoms with Crippen LogP contribution in [0.1, 0.15) is 11.0 Å². The molecular formula is C14H15ClN3OS-. The molecule has 106 valence electrons. The molecule has 3 aromatic rings. The molecule has 1 atom stereocenters. The quantitative estimate of drug-likeness (QED) is 0.658. The van der Waals surface area contributed by atoms with Crippen LogP contribution in [0.4, 0.5) is 0 Å². The maximum absolute atomic E-state index is 10.3. The number of imidazole rings is 1. The number of aryl methyl sites for hydroxylation is 1. The Morgan fingerprint density at radius 3 is 2.55 bits per heavy atom. The summed E-state index contributed by atoms with van der Waals surface area (Å²) in [6.45, 7) is 0.403. The Kier molecular flexibility index (Phi) is 4.32. The molecule has 2 heterocycles. The summed E-state index contributed by atoms with van der Waals surface area (Å²) < 4.78 is 3.68. The largest absolute Gasteiger partial charge is 1.00 e. The van der Waals surface area contributed by atoms with Gasteiger partial charge in [-0.15, -0.1) is 11.3 Å². The Balaban J connectivity index is 0.00000147.